The van der Waals surface area contributed by atoms with Gasteiger partial charge in [-0.2, -0.15) is 0 Å². The molecule has 0 spiro atoms. The lowest BCUT2D eigenvalue weighted by molar-refractivity contribution is 0.437. The summed E-state index contributed by atoms with van der Waals surface area (Å²) in [6.07, 6.45) is 6.17. The van der Waals surface area contributed by atoms with E-state index in [1.807, 2.05) is 54.6 Å². The van der Waals surface area contributed by atoms with Crippen molar-refractivity contribution >= 4 is 22.5 Å². The number of rotatable bonds is 4. The summed E-state index contributed by atoms with van der Waals surface area (Å²) in [5.74, 6) is 1.20. The Bertz CT molecular complexity index is 1210. The van der Waals surface area contributed by atoms with Crippen LogP contribution in [0.4, 0.5) is 11.5 Å². The largest absolute Gasteiger partial charge is 0.341 e. The predicted octanol–water partition coefficient (Wildman–Crippen LogP) is 6.18. The van der Waals surface area contributed by atoms with Crippen LogP contribution in [0.5, 0.6) is 0 Å². The van der Waals surface area contributed by atoms with Gasteiger partial charge in [0.25, 0.3) is 0 Å². The molecule has 30 heavy (non-hydrogen) atoms. The smallest absolute Gasteiger partial charge is 0.193 e. The van der Waals surface area contributed by atoms with Crippen LogP contribution in [0.25, 0.3) is 16.7 Å². The highest BCUT2D eigenvalue weighted by Crippen LogP contribution is 2.33. The first-order chi connectivity index (χ1) is 14.8. The molecule has 0 atom stereocenters. The van der Waals surface area contributed by atoms with E-state index in [-0.39, 0.29) is 5.43 Å². The van der Waals surface area contributed by atoms with Crippen LogP contribution in [-0.2, 0) is 0 Å². The van der Waals surface area contributed by atoms with Gasteiger partial charge >= 0.3 is 0 Å². The highest BCUT2D eigenvalue weighted by atomic mass is 16.1. The zero-order valence-electron chi connectivity index (χ0n) is 16.9. The van der Waals surface area contributed by atoms with Crippen LogP contribution in [0.2, 0.25) is 0 Å². The van der Waals surface area contributed by atoms with Gasteiger partial charge in [0, 0.05) is 29.1 Å². The second kappa shape index (κ2) is 8.15. The van der Waals surface area contributed by atoms with Crippen LogP contribution < -0.4 is 10.7 Å². The minimum Gasteiger partial charge on any atom is -0.341 e. The summed E-state index contributed by atoms with van der Waals surface area (Å²) in [6.45, 7) is 0. The van der Waals surface area contributed by atoms with Crippen LogP contribution in [0.1, 0.15) is 43.7 Å². The highest BCUT2D eigenvalue weighted by Gasteiger charge is 2.19. The van der Waals surface area contributed by atoms with Gasteiger partial charge in [-0.25, -0.2) is 4.98 Å². The van der Waals surface area contributed by atoms with Gasteiger partial charge in [0.05, 0.1) is 5.39 Å². The molecule has 4 heteroatoms. The summed E-state index contributed by atoms with van der Waals surface area (Å²) in [5, 5.41) is 4.08. The number of pyridine rings is 2. The first-order valence-electron chi connectivity index (χ1n) is 10.7. The number of hydrogen-bond donors (Lipinski definition) is 1. The molecule has 150 valence electrons. The molecule has 0 bridgehead atoms. The fraction of sp³-hybridized carbons (Fsp3) is 0.231. The number of anilines is 2. The van der Waals surface area contributed by atoms with Crippen LogP contribution in [0.3, 0.4) is 0 Å². The number of benzene rings is 2. The molecule has 1 N–H and O–H groups in total. The lowest BCUT2D eigenvalue weighted by Crippen LogP contribution is -2.15. The molecule has 4 nitrogen and oxygen atoms in total. The Balaban J connectivity index is 1.73. The number of nitrogens with one attached hydrogen (secondary N) is 1. The molecule has 5 rings (SSSR count). The molecule has 1 fully saturated rings. The fourth-order valence-electron chi connectivity index (χ4n) is 4.43. The summed E-state index contributed by atoms with van der Waals surface area (Å²) < 4.78 is 2.07. The van der Waals surface area contributed by atoms with Gasteiger partial charge in [0.2, 0.25) is 0 Å². The molecule has 0 unspecified atom stereocenters. The molecule has 1 aliphatic rings. The van der Waals surface area contributed by atoms with E-state index in [1.54, 1.807) is 6.07 Å². The maximum Gasteiger partial charge on any atom is 0.193 e. The minimum atomic E-state index is -0.0155. The quantitative estimate of drug-likeness (QED) is 0.449. The Hall–Kier alpha value is -3.40. The summed E-state index contributed by atoms with van der Waals surface area (Å²) >= 11 is 0. The second-order valence-corrected chi connectivity index (χ2v) is 8.00. The molecule has 2 aromatic heterocycles. The van der Waals surface area contributed by atoms with Crippen molar-refractivity contribution in [3.8, 4) is 5.69 Å². The first kappa shape index (κ1) is 18.6. The first-order valence-corrected chi connectivity index (χ1v) is 10.7. The summed E-state index contributed by atoms with van der Waals surface area (Å²) in [7, 11) is 0. The molecule has 0 amide bonds. The molecule has 0 saturated heterocycles. The third kappa shape index (κ3) is 3.61. The van der Waals surface area contributed by atoms with E-state index in [0.717, 1.165) is 28.5 Å². The SMILES string of the molecule is O=c1cc(Nc2ccccc2)n(-c2ccccc2)c2nc(C3CCCCC3)ccc12. The van der Waals surface area contributed by atoms with E-state index in [1.165, 1.54) is 32.1 Å². The van der Waals surface area contributed by atoms with E-state index in [9.17, 15) is 4.79 Å². The van der Waals surface area contributed by atoms with Gasteiger partial charge in [0.15, 0.2) is 5.43 Å². The van der Waals surface area contributed by atoms with Crippen molar-refractivity contribution in [2.45, 2.75) is 38.0 Å². The molecule has 1 aliphatic carbocycles. The van der Waals surface area contributed by atoms with Gasteiger partial charge in [-0.15, -0.1) is 0 Å². The number of aromatic nitrogens is 2. The Kier molecular flexibility index (Phi) is 5.06. The van der Waals surface area contributed by atoms with Gasteiger partial charge in [-0.1, -0.05) is 55.7 Å². The van der Waals surface area contributed by atoms with Crippen molar-refractivity contribution in [1.29, 1.82) is 0 Å². The molecule has 2 heterocycles. The van der Waals surface area contributed by atoms with Crippen LogP contribution in [0, 0.1) is 0 Å². The Morgan fingerprint density at radius 1 is 0.833 bits per heavy atom. The topological polar surface area (TPSA) is 46.9 Å². The molecule has 2 aromatic carbocycles. The molecule has 1 saturated carbocycles. The minimum absolute atomic E-state index is 0.0155. The van der Waals surface area contributed by atoms with Crippen molar-refractivity contribution in [1.82, 2.24) is 9.55 Å². The standard InChI is InChI=1S/C26H25N3O/c30-24-18-25(27-20-12-6-2-7-13-20)29(21-14-8-3-9-15-21)26-22(24)16-17-23(28-26)19-10-4-1-5-11-19/h2-3,6-9,12-19,27H,1,4-5,10-11H2. The zero-order valence-corrected chi connectivity index (χ0v) is 16.9. The summed E-state index contributed by atoms with van der Waals surface area (Å²) in [5.41, 5.74) is 3.72. The van der Waals surface area contributed by atoms with E-state index in [0.29, 0.717) is 11.3 Å². The average Bonchev–Trinajstić information content (AvgIpc) is 2.81. The van der Waals surface area contributed by atoms with Crippen molar-refractivity contribution in [3.05, 3.63) is 94.8 Å². The van der Waals surface area contributed by atoms with E-state index < -0.39 is 0 Å². The normalized spacial score (nSPS) is 14.7. The molecule has 0 aliphatic heterocycles. The Labute approximate surface area is 176 Å². The van der Waals surface area contributed by atoms with E-state index in [4.69, 9.17) is 4.98 Å². The van der Waals surface area contributed by atoms with Crippen molar-refractivity contribution in [3.63, 3.8) is 0 Å². The van der Waals surface area contributed by atoms with Gasteiger partial charge in [-0.3, -0.25) is 9.36 Å². The third-order valence-corrected chi connectivity index (χ3v) is 5.97. The van der Waals surface area contributed by atoms with Crippen molar-refractivity contribution in [2.24, 2.45) is 0 Å². The van der Waals surface area contributed by atoms with Gasteiger partial charge < -0.3 is 5.32 Å². The van der Waals surface area contributed by atoms with Crippen LogP contribution >= 0.6 is 0 Å². The summed E-state index contributed by atoms with van der Waals surface area (Å²) in [4.78, 5) is 18.0. The monoisotopic (exact) mass is 395 g/mol. The van der Waals surface area contributed by atoms with Crippen molar-refractivity contribution < 1.29 is 0 Å². The molecule has 4 aromatic rings. The Morgan fingerprint density at radius 3 is 2.27 bits per heavy atom. The highest BCUT2D eigenvalue weighted by molar-refractivity contribution is 5.81. The molecule has 0 radical (unpaired) electrons. The van der Waals surface area contributed by atoms with Crippen LogP contribution in [0.15, 0.2) is 83.7 Å². The number of fused-ring (bicyclic) bond motifs is 1. The average molecular weight is 396 g/mol. The maximum absolute atomic E-state index is 13.0. The predicted molar refractivity (Wildman–Crippen MR) is 123 cm³/mol. The molecular formula is C26H25N3O. The Morgan fingerprint density at radius 2 is 1.53 bits per heavy atom. The summed E-state index contributed by atoms with van der Waals surface area (Å²) in [6, 6.07) is 25.7. The van der Waals surface area contributed by atoms with Gasteiger partial charge in [0.1, 0.15) is 11.5 Å². The van der Waals surface area contributed by atoms with Crippen LogP contribution in [-0.4, -0.2) is 9.55 Å². The van der Waals surface area contributed by atoms with E-state index >= 15 is 0 Å². The maximum atomic E-state index is 13.0. The lowest BCUT2D eigenvalue weighted by Gasteiger charge is -2.22. The fourth-order valence-corrected chi connectivity index (χ4v) is 4.43. The second-order valence-electron chi connectivity index (χ2n) is 8.00. The lowest BCUT2D eigenvalue weighted by atomic mass is 9.86. The molecular weight excluding hydrogens is 370 g/mol. The zero-order chi connectivity index (χ0) is 20.3. The number of hydrogen-bond acceptors (Lipinski definition) is 3. The number of para-hydroxylation sites is 2. The van der Waals surface area contributed by atoms with Crippen molar-refractivity contribution in [2.75, 3.05) is 5.32 Å². The van der Waals surface area contributed by atoms with E-state index in [2.05, 4.69) is 28.1 Å². The number of nitrogens with zero attached hydrogens (tertiary/aromatic N) is 2. The van der Waals surface area contributed by atoms with Gasteiger partial charge in [-0.05, 0) is 49.2 Å². The third-order valence-electron chi connectivity index (χ3n) is 5.97.